The minimum atomic E-state index is 0.266. The number of Topliss-reactive ketones (excluding diaryl/α,β-unsaturated/α-hetero) is 1. The predicted octanol–water partition coefficient (Wildman–Crippen LogP) is 4.38. The normalized spacial score (nSPS) is 12.1. The zero-order chi connectivity index (χ0) is 13.5. The second-order valence-electron chi connectivity index (χ2n) is 5.04. The van der Waals surface area contributed by atoms with Crippen molar-refractivity contribution in [3.05, 3.63) is 71.8 Å². The van der Waals surface area contributed by atoms with E-state index in [9.17, 15) is 4.79 Å². The van der Waals surface area contributed by atoms with Crippen LogP contribution in [0.1, 0.15) is 36.8 Å². The molecule has 98 valence electrons. The van der Waals surface area contributed by atoms with Crippen molar-refractivity contribution in [1.82, 2.24) is 0 Å². The molecule has 0 saturated heterocycles. The summed E-state index contributed by atoms with van der Waals surface area (Å²) in [6.07, 6.45) is 2.68. The first-order chi connectivity index (χ1) is 9.25. The van der Waals surface area contributed by atoms with E-state index in [1.165, 1.54) is 11.1 Å². The quantitative estimate of drug-likeness (QED) is 0.745. The van der Waals surface area contributed by atoms with Crippen molar-refractivity contribution in [1.29, 1.82) is 0 Å². The SMILES string of the molecule is CC(=O)CC(CCc1ccccc1)c1ccccc1. The Labute approximate surface area is 115 Å². The molecule has 1 atom stereocenters. The van der Waals surface area contributed by atoms with Crippen LogP contribution >= 0.6 is 0 Å². The highest BCUT2D eigenvalue weighted by Crippen LogP contribution is 2.25. The van der Waals surface area contributed by atoms with Crippen LogP contribution in [-0.2, 0) is 11.2 Å². The third-order valence-corrected chi connectivity index (χ3v) is 3.43. The molecular weight excluding hydrogens is 232 g/mol. The second-order valence-corrected chi connectivity index (χ2v) is 5.04. The van der Waals surface area contributed by atoms with Gasteiger partial charge in [0.1, 0.15) is 5.78 Å². The van der Waals surface area contributed by atoms with E-state index < -0.39 is 0 Å². The highest BCUT2D eigenvalue weighted by Gasteiger charge is 2.13. The molecule has 0 heterocycles. The zero-order valence-corrected chi connectivity index (χ0v) is 11.4. The molecular formula is C18H20O. The maximum Gasteiger partial charge on any atom is 0.130 e. The minimum Gasteiger partial charge on any atom is -0.300 e. The van der Waals surface area contributed by atoms with Crippen molar-refractivity contribution in [3.8, 4) is 0 Å². The molecule has 0 N–H and O–H groups in total. The van der Waals surface area contributed by atoms with Crippen molar-refractivity contribution in [3.63, 3.8) is 0 Å². The van der Waals surface area contributed by atoms with E-state index in [-0.39, 0.29) is 5.78 Å². The molecule has 0 aliphatic carbocycles. The molecule has 0 spiro atoms. The smallest absolute Gasteiger partial charge is 0.130 e. The van der Waals surface area contributed by atoms with Gasteiger partial charge in [-0.2, -0.15) is 0 Å². The Morgan fingerprint density at radius 1 is 0.947 bits per heavy atom. The summed E-state index contributed by atoms with van der Waals surface area (Å²) in [5.74, 6) is 0.598. The lowest BCUT2D eigenvalue weighted by Gasteiger charge is -2.16. The lowest BCUT2D eigenvalue weighted by molar-refractivity contribution is -0.117. The van der Waals surface area contributed by atoms with E-state index >= 15 is 0 Å². The molecule has 1 nitrogen and oxygen atoms in total. The number of ketones is 1. The van der Waals surface area contributed by atoms with Crippen LogP contribution in [0.25, 0.3) is 0 Å². The number of carbonyl (C=O) groups excluding carboxylic acids is 1. The first-order valence-corrected chi connectivity index (χ1v) is 6.84. The molecule has 2 aromatic carbocycles. The van der Waals surface area contributed by atoms with Crippen LogP contribution in [-0.4, -0.2) is 5.78 Å². The molecule has 0 bridgehead atoms. The van der Waals surface area contributed by atoms with E-state index in [1.807, 2.05) is 24.3 Å². The van der Waals surface area contributed by atoms with Gasteiger partial charge < -0.3 is 4.79 Å². The number of carbonyl (C=O) groups is 1. The highest BCUT2D eigenvalue weighted by molar-refractivity contribution is 5.76. The van der Waals surface area contributed by atoms with Crippen molar-refractivity contribution in [2.45, 2.75) is 32.1 Å². The van der Waals surface area contributed by atoms with Crippen molar-refractivity contribution >= 4 is 5.78 Å². The lowest BCUT2D eigenvalue weighted by atomic mass is 9.88. The third-order valence-electron chi connectivity index (χ3n) is 3.43. The molecule has 0 aliphatic heterocycles. The molecule has 0 fully saturated rings. The monoisotopic (exact) mass is 252 g/mol. The summed E-state index contributed by atoms with van der Waals surface area (Å²) in [5.41, 5.74) is 2.61. The molecule has 1 unspecified atom stereocenters. The molecule has 0 radical (unpaired) electrons. The van der Waals surface area contributed by atoms with E-state index in [4.69, 9.17) is 0 Å². The van der Waals surface area contributed by atoms with Crippen molar-refractivity contribution in [2.75, 3.05) is 0 Å². The summed E-state index contributed by atoms with van der Waals surface area (Å²) < 4.78 is 0. The summed E-state index contributed by atoms with van der Waals surface area (Å²) in [6, 6.07) is 20.8. The van der Waals surface area contributed by atoms with Gasteiger partial charge in [-0.15, -0.1) is 0 Å². The Kier molecular flexibility index (Phi) is 4.91. The molecule has 0 aliphatic rings. The average molecular weight is 252 g/mol. The lowest BCUT2D eigenvalue weighted by Crippen LogP contribution is -2.06. The molecule has 0 saturated carbocycles. The average Bonchev–Trinajstić information content (AvgIpc) is 2.45. The number of hydrogen-bond acceptors (Lipinski definition) is 1. The van der Waals surface area contributed by atoms with Gasteiger partial charge in [0.2, 0.25) is 0 Å². The van der Waals surface area contributed by atoms with Gasteiger partial charge in [0, 0.05) is 6.42 Å². The molecule has 0 amide bonds. The van der Waals surface area contributed by atoms with Crippen LogP contribution in [0.15, 0.2) is 60.7 Å². The van der Waals surface area contributed by atoms with Gasteiger partial charge in [-0.25, -0.2) is 0 Å². The molecule has 2 rings (SSSR count). The predicted molar refractivity (Wildman–Crippen MR) is 79.2 cm³/mol. The van der Waals surface area contributed by atoms with E-state index in [0.717, 1.165) is 12.8 Å². The summed E-state index contributed by atoms with van der Waals surface area (Å²) in [4.78, 5) is 11.4. The summed E-state index contributed by atoms with van der Waals surface area (Å²) in [7, 11) is 0. The van der Waals surface area contributed by atoms with E-state index in [1.54, 1.807) is 6.92 Å². The maximum absolute atomic E-state index is 11.4. The third kappa shape index (κ3) is 4.36. The van der Waals surface area contributed by atoms with Crippen LogP contribution in [0.3, 0.4) is 0 Å². The zero-order valence-electron chi connectivity index (χ0n) is 11.4. The minimum absolute atomic E-state index is 0.266. The Bertz CT molecular complexity index is 502. The molecule has 0 aromatic heterocycles. The van der Waals surface area contributed by atoms with Crippen LogP contribution < -0.4 is 0 Å². The Morgan fingerprint density at radius 3 is 2.11 bits per heavy atom. The maximum atomic E-state index is 11.4. The van der Waals surface area contributed by atoms with Crippen molar-refractivity contribution < 1.29 is 4.79 Å². The van der Waals surface area contributed by atoms with Gasteiger partial charge >= 0.3 is 0 Å². The summed E-state index contributed by atoms with van der Waals surface area (Å²) in [5, 5.41) is 0. The number of rotatable bonds is 6. The Hall–Kier alpha value is -1.89. The summed E-state index contributed by atoms with van der Waals surface area (Å²) in [6.45, 7) is 1.68. The largest absolute Gasteiger partial charge is 0.300 e. The fourth-order valence-corrected chi connectivity index (χ4v) is 2.44. The van der Waals surface area contributed by atoms with Crippen LogP contribution in [0.5, 0.6) is 0 Å². The highest BCUT2D eigenvalue weighted by atomic mass is 16.1. The van der Waals surface area contributed by atoms with Crippen LogP contribution in [0.2, 0.25) is 0 Å². The first-order valence-electron chi connectivity index (χ1n) is 6.84. The topological polar surface area (TPSA) is 17.1 Å². The van der Waals surface area contributed by atoms with Gasteiger partial charge in [-0.1, -0.05) is 60.7 Å². The van der Waals surface area contributed by atoms with Gasteiger partial charge in [0.15, 0.2) is 0 Å². The van der Waals surface area contributed by atoms with Crippen LogP contribution in [0, 0.1) is 0 Å². The van der Waals surface area contributed by atoms with Gasteiger partial charge in [-0.3, -0.25) is 0 Å². The number of aryl methyl sites for hydroxylation is 1. The summed E-state index contributed by atoms with van der Waals surface area (Å²) >= 11 is 0. The van der Waals surface area contributed by atoms with Gasteiger partial charge in [0.25, 0.3) is 0 Å². The fraction of sp³-hybridized carbons (Fsp3) is 0.278. The van der Waals surface area contributed by atoms with E-state index in [0.29, 0.717) is 12.3 Å². The molecule has 1 heteroatoms. The molecule has 19 heavy (non-hydrogen) atoms. The Balaban J connectivity index is 2.04. The first kappa shape index (κ1) is 13.5. The van der Waals surface area contributed by atoms with E-state index in [2.05, 4.69) is 36.4 Å². The van der Waals surface area contributed by atoms with Gasteiger partial charge in [-0.05, 0) is 36.8 Å². The fourth-order valence-electron chi connectivity index (χ4n) is 2.44. The number of hydrogen-bond donors (Lipinski definition) is 0. The number of benzene rings is 2. The van der Waals surface area contributed by atoms with Gasteiger partial charge in [0.05, 0.1) is 0 Å². The molecule has 2 aromatic rings. The second kappa shape index (κ2) is 6.89. The Morgan fingerprint density at radius 2 is 1.53 bits per heavy atom. The van der Waals surface area contributed by atoms with Crippen molar-refractivity contribution in [2.24, 2.45) is 0 Å². The standard InChI is InChI=1S/C18H20O/c1-15(19)14-18(17-10-6-3-7-11-17)13-12-16-8-4-2-5-9-16/h2-11,18H,12-14H2,1H3. The van der Waals surface area contributed by atoms with Crippen LogP contribution in [0.4, 0.5) is 0 Å².